The second kappa shape index (κ2) is 7.49. The molecule has 0 aromatic heterocycles. The molecule has 1 amide bonds. The van der Waals surface area contributed by atoms with Crippen molar-refractivity contribution in [3.63, 3.8) is 0 Å². The third kappa shape index (κ3) is 4.15. The third-order valence-corrected chi connectivity index (χ3v) is 5.02. The van der Waals surface area contributed by atoms with Crippen molar-refractivity contribution in [2.24, 2.45) is 5.92 Å². The van der Waals surface area contributed by atoms with Crippen LogP contribution in [0.25, 0.3) is 0 Å². The van der Waals surface area contributed by atoms with Gasteiger partial charge in [-0.2, -0.15) is 0 Å². The summed E-state index contributed by atoms with van der Waals surface area (Å²) in [5.74, 6) is 0.641. The number of carbonyl (C=O) groups excluding carboxylic acids is 1. The van der Waals surface area contributed by atoms with E-state index >= 15 is 0 Å². The zero-order valence-corrected chi connectivity index (χ0v) is 13.8. The van der Waals surface area contributed by atoms with Gasteiger partial charge in [0.2, 0.25) is 6.41 Å². The van der Waals surface area contributed by atoms with E-state index in [1.54, 1.807) is 6.07 Å². The average molecular weight is 341 g/mol. The van der Waals surface area contributed by atoms with Crippen LogP contribution < -0.4 is 10.1 Å². The predicted octanol–water partition coefficient (Wildman–Crippen LogP) is 2.98. The fourth-order valence-electron chi connectivity index (χ4n) is 3.31. The minimum atomic E-state index is -0.294. The number of hydrogen-bond donors (Lipinski definition) is 1. The first-order valence-corrected chi connectivity index (χ1v) is 8.57. The van der Waals surface area contributed by atoms with Crippen molar-refractivity contribution in [1.29, 1.82) is 0 Å². The van der Waals surface area contributed by atoms with Crippen molar-refractivity contribution in [3.8, 4) is 5.75 Å². The Kier molecular flexibility index (Phi) is 5.38. The molecule has 1 heterocycles. The van der Waals surface area contributed by atoms with Crippen molar-refractivity contribution < 1.29 is 13.9 Å². The molecule has 1 aromatic carbocycles. The molecular formula is C17H22ClFN2O2. The van der Waals surface area contributed by atoms with Crippen LogP contribution in [0.5, 0.6) is 5.75 Å². The van der Waals surface area contributed by atoms with Crippen LogP contribution in [0.2, 0.25) is 5.02 Å². The Labute approximate surface area is 140 Å². The van der Waals surface area contributed by atoms with Crippen LogP contribution in [-0.4, -0.2) is 37.0 Å². The molecule has 23 heavy (non-hydrogen) atoms. The van der Waals surface area contributed by atoms with E-state index in [4.69, 9.17) is 16.3 Å². The standard InChI is InChI=1S/C17H22ClFN2O2/c18-16-7-14(23-13-5-12(6-13)9-20-11-22)8-17(19)15(16)10-21-3-1-2-4-21/h7-8,11-13H,1-6,9-10H2,(H,20,22). The molecule has 0 bridgehead atoms. The Morgan fingerprint density at radius 3 is 2.74 bits per heavy atom. The van der Waals surface area contributed by atoms with Gasteiger partial charge in [0.15, 0.2) is 0 Å². The summed E-state index contributed by atoms with van der Waals surface area (Å²) in [6.07, 6.45) is 4.87. The lowest BCUT2D eigenvalue weighted by Crippen LogP contribution is -2.39. The number of amides is 1. The summed E-state index contributed by atoms with van der Waals surface area (Å²) >= 11 is 6.26. The van der Waals surface area contributed by atoms with Crippen LogP contribution in [-0.2, 0) is 11.3 Å². The maximum absolute atomic E-state index is 14.3. The molecule has 0 atom stereocenters. The van der Waals surface area contributed by atoms with Crippen molar-refractivity contribution in [1.82, 2.24) is 10.2 Å². The number of hydrogen-bond acceptors (Lipinski definition) is 3. The molecule has 1 aliphatic heterocycles. The van der Waals surface area contributed by atoms with E-state index in [1.807, 2.05) is 0 Å². The van der Waals surface area contributed by atoms with E-state index in [0.29, 0.717) is 41.8 Å². The number of ether oxygens (including phenoxy) is 1. The van der Waals surface area contributed by atoms with Crippen molar-refractivity contribution >= 4 is 18.0 Å². The van der Waals surface area contributed by atoms with Gasteiger partial charge in [-0.05, 0) is 50.8 Å². The second-order valence-corrected chi connectivity index (χ2v) is 6.86. The highest BCUT2D eigenvalue weighted by molar-refractivity contribution is 6.31. The van der Waals surface area contributed by atoms with Gasteiger partial charge in [-0.3, -0.25) is 9.69 Å². The van der Waals surface area contributed by atoms with E-state index in [2.05, 4.69) is 10.2 Å². The number of likely N-dealkylation sites (tertiary alicyclic amines) is 1. The minimum Gasteiger partial charge on any atom is -0.490 e. The molecule has 1 N–H and O–H groups in total. The summed E-state index contributed by atoms with van der Waals surface area (Å²) in [4.78, 5) is 12.5. The summed E-state index contributed by atoms with van der Waals surface area (Å²) in [6, 6.07) is 3.15. The van der Waals surface area contributed by atoms with Gasteiger partial charge in [-0.25, -0.2) is 4.39 Å². The fourth-order valence-corrected chi connectivity index (χ4v) is 3.57. The number of nitrogens with zero attached hydrogens (tertiary/aromatic N) is 1. The van der Waals surface area contributed by atoms with Crippen LogP contribution in [0, 0.1) is 11.7 Å². The SMILES string of the molecule is O=CNCC1CC(Oc2cc(F)c(CN3CCCC3)c(Cl)c2)C1. The van der Waals surface area contributed by atoms with E-state index in [1.165, 1.54) is 18.9 Å². The van der Waals surface area contributed by atoms with Crippen LogP contribution in [0.15, 0.2) is 12.1 Å². The lowest BCUT2D eigenvalue weighted by atomic mass is 9.82. The van der Waals surface area contributed by atoms with Crippen molar-refractivity contribution in [3.05, 3.63) is 28.5 Å². The summed E-state index contributed by atoms with van der Waals surface area (Å²) in [7, 11) is 0. The monoisotopic (exact) mass is 340 g/mol. The quantitative estimate of drug-likeness (QED) is 0.776. The Morgan fingerprint density at radius 1 is 1.35 bits per heavy atom. The van der Waals surface area contributed by atoms with Crippen molar-refractivity contribution in [2.45, 2.75) is 38.3 Å². The molecule has 1 aromatic rings. The normalized spacial score (nSPS) is 24.3. The van der Waals surface area contributed by atoms with E-state index in [9.17, 15) is 9.18 Å². The van der Waals surface area contributed by atoms with Crippen molar-refractivity contribution in [2.75, 3.05) is 19.6 Å². The van der Waals surface area contributed by atoms with Crippen LogP contribution in [0.1, 0.15) is 31.2 Å². The maximum atomic E-state index is 14.3. The van der Waals surface area contributed by atoms with Gasteiger partial charge in [0, 0.05) is 24.7 Å². The first kappa shape index (κ1) is 16.5. The van der Waals surface area contributed by atoms with Gasteiger partial charge in [0.05, 0.1) is 11.1 Å². The zero-order chi connectivity index (χ0) is 16.2. The average Bonchev–Trinajstić information content (AvgIpc) is 2.98. The van der Waals surface area contributed by atoms with Gasteiger partial charge >= 0.3 is 0 Å². The summed E-state index contributed by atoms with van der Waals surface area (Å²) in [5, 5.41) is 3.11. The molecule has 2 aliphatic rings. The molecule has 1 aliphatic carbocycles. The largest absolute Gasteiger partial charge is 0.490 e. The number of rotatable bonds is 7. The van der Waals surface area contributed by atoms with Gasteiger partial charge in [0.25, 0.3) is 0 Å². The molecule has 1 saturated heterocycles. The third-order valence-electron chi connectivity index (χ3n) is 4.68. The topological polar surface area (TPSA) is 41.6 Å². The molecular weight excluding hydrogens is 319 g/mol. The smallest absolute Gasteiger partial charge is 0.207 e. The Bertz CT molecular complexity index is 535. The van der Waals surface area contributed by atoms with Gasteiger partial charge in [-0.1, -0.05) is 11.6 Å². The number of nitrogens with one attached hydrogen (secondary N) is 1. The van der Waals surface area contributed by atoms with Gasteiger partial charge in [-0.15, -0.1) is 0 Å². The minimum absolute atomic E-state index is 0.0772. The first-order chi connectivity index (χ1) is 11.2. The molecule has 2 fully saturated rings. The highest BCUT2D eigenvalue weighted by atomic mass is 35.5. The van der Waals surface area contributed by atoms with Crippen LogP contribution >= 0.6 is 11.6 Å². The summed E-state index contributed by atoms with van der Waals surface area (Å²) in [6.45, 7) is 3.25. The molecule has 0 radical (unpaired) electrons. The molecule has 4 nitrogen and oxygen atoms in total. The van der Waals surface area contributed by atoms with E-state index in [-0.39, 0.29) is 11.9 Å². The number of carbonyl (C=O) groups is 1. The molecule has 1 saturated carbocycles. The van der Waals surface area contributed by atoms with Gasteiger partial charge < -0.3 is 10.1 Å². The molecule has 6 heteroatoms. The van der Waals surface area contributed by atoms with Gasteiger partial charge in [0.1, 0.15) is 11.6 Å². The molecule has 0 unspecified atom stereocenters. The van der Waals surface area contributed by atoms with E-state index < -0.39 is 0 Å². The van der Waals surface area contributed by atoms with E-state index in [0.717, 1.165) is 25.9 Å². The lowest BCUT2D eigenvalue weighted by molar-refractivity contribution is -0.110. The lowest BCUT2D eigenvalue weighted by Gasteiger charge is -2.35. The summed E-state index contributed by atoms with van der Waals surface area (Å²) < 4.78 is 20.1. The first-order valence-electron chi connectivity index (χ1n) is 8.19. The molecule has 126 valence electrons. The second-order valence-electron chi connectivity index (χ2n) is 6.45. The Hall–Kier alpha value is -1.33. The van der Waals surface area contributed by atoms with Crippen LogP contribution in [0.4, 0.5) is 4.39 Å². The molecule has 3 rings (SSSR count). The molecule has 0 spiro atoms. The Morgan fingerprint density at radius 2 is 2.09 bits per heavy atom. The zero-order valence-electron chi connectivity index (χ0n) is 13.1. The fraction of sp³-hybridized carbons (Fsp3) is 0.588. The Balaban J connectivity index is 1.56. The maximum Gasteiger partial charge on any atom is 0.207 e. The highest BCUT2D eigenvalue weighted by Gasteiger charge is 2.30. The van der Waals surface area contributed by atoms with Crippen LogP contribution in [0.3, 0.4) is 0 Å². The highest BCUT2D eigenvalue weighted by Crippen LogP contribution is 2.34. The summed E-state index contributed by atoms with van der Waals surface area (Å²) in [5.41, 5.74) is 0.558. The number of halogens is 2. The predicted molar refractivity (Wildman–Crippen MR) is 87.1 cm³/mol. The number of benzene rings is 1.